The summed E-state index contributed by atoms with van der Waals surface area (Å²) in [4.78, 5) is 0. The summed E-state index contributed by atoms with van der Waals surface area (Å²) < 4.78 is 37.7. The quantitative estimate of drug-likeness (QED) is 0.876. The van der Waals surface area contributed by atoms with E-state index in [1.165, 1.54) is 12.1 Å². The third-order valence-electron chi connectivity index (χ3n) is 2.44. The van der Waals surface area contributed by atoms with Crippen LogP contribution in [0.2, 0.25) is 0 Å². The SMILES string of the molecule is CCN[C@@H](C)c1cc(C)cc(C(F)(F)F)c1.S. The average Bonchev–Trinajstić information content (AvgIpc) is 2.16. The number of alkyl halides is 3. The summed E-state index contributed by atoms with van der Waals surface area (Å²) in [5.41, 5.74) is 0.732. The molecule has 17 heavy (non-hydrogen) atoms. The van der Waals surface area contributed by atoms with Crippen molar-refractivity contribution in [2.24, 2.45) is 0 Å². The molecule has 0 saturated carbocycles. The van der Waals surface area contributed by atoms with Crippen LogP contribution in [-0.2, 0) is 6.18 Å². The summed E-state index contributed by atoms with van der Waals surface area (Å²) >= 11 is 0. The van der Waals surface area contributed by atoms with Gasteiger partial charge in [-0.2, -0.15) is 26.7 Å². The molecule has 0 aliphatic heterocycles. The Morgan fingerprint density at radius 1 is 1.24 bits per heavy atom. The third-order valence-corrected chi connectivity index (χ3v) is 2.44. The molecular weight excluding hydrogens is 247 g/mol. The molecule has 0 aromatic heterocycles. The second-order valence-electron chi connectivity index (χ2n) is 3.91. The van der Waals surface area contributed by atoms with Crippen molar-refractivity contribution in [1.82, 2.24) is 5.32 Å². The first-order valence-electron chi connectivity index (χ1n) is 5.26. The first-order chi connectivity index (χ1) is 7.34. The van der Waals surface area contributed by atoms with Gasteiger partial charge in [0.05, 0.1) is 5.56 Å². The molecule has 0 saturated heterocycles. The number of hydrogen-bond acceptors (Lipinski definition) is 1. The molecule has 0 aliphatic rings. The minimum atomic E-state index is -4.27. The van der Waals surface area contributed by atoms with E-state index in [2.05, 4.69) is 5.32 Å². The summed E-state index contributed by atoms with van der Waals surface area (Å²) in [5, 5.41) is 3.10. The van der Waals surface area contributed by atoms with Gasteiger partial charge in [0.1, 0.15) is 0 Å². The lowest BCUT2D eigenvalue weighted by Gasteiger charge is -2.16. The first-order valence-corrected chi connectivity index (χ1v) is 5.26. The van der Waals surface area contributed by atoms with Gasteiger partial charge in [-0.25, -0.2) is 0 Å². The molecule has 0 spiro atoms. The Balaban J connectivity index is 0.00000256. The van der Waals surface area contributed by atoms with Gasteiger partial charge < -0.3 is 5.32 Å². The Kier molecular flexibility index (Phi) is 6.05. The van der Waals surface area contributed by atoms with Crippen molar-refractivity contribution in [2.45, 2.75) is 33.0 Å². The van der Waals surface area contributed by atoms with Gasteiger partial charge in [-0.15, -0.1) is 0 Å². The summed E-state index contributed by atoms with van der Waals surface area (Å²) in [6, 6.07) is 4.09. The van der Waals surface area contributed by atoms with E-state index in [9.17, 15) is 13.2 Å². The fraction of sp³-hybridized carbons (Fsp3) is 0.500. The van der Waals surface area contributed by atoms with E-state index in [-0.39, 0.29) is 19.5 Å². The van der Waals surface area contributed by atoms with E-state index < -0.39 is 11.7 Å². The molecule has 1 aromatic carbocycles. The molecule has 1 aromatic rings. The summed E-state index contributed by atoms with van der Waals surface area (Å²) in [7, 11) is 0. The molecule has 1 rings (SSSR count). The monoisotopic (exact) mass is 265 g/mol. The maximum atomic E-state index is 12.6. The van der Waals surface area contributed by atoms with Crippen molar-refractivity contribution in [1.29, 1.82) is 0 Å². The Labute approximate surface area is 107 Å². The highest BCUT2D eigenvalue weighted by molar-refractivity contribution is 7.59. The van der Waals surface area contributed by atoms with Crippen LogP contribution in [0.3, 0.4) is 0 Å². The second kappa shape index (κ2) is 6.31. The van der Waals surface area contributed by atoms with Crippen LogP contribution in [0, 0.1) is 6.92 Å². The Morgan fingerprint density at radius 3 is 2.29 bits per heavy atom. The van der Waals surface area contributed by atoms with E-state index >= 15 is 0 Å². The van der Waals surface area contributed by atoms with Crippen molar-refractivity contribution in [3.05, 3.63) is 34.9 Å². The van der Waals surface area contributed by atoms with Crippen LogP contribution < -0.4 is 5.32 Å². The minimum Gasteiger partial charge on any atom is -0.310 e. The van der Waals surface area contributed by atoms with E-state index in [1.54, 1.807) is 13.0 Å². The zero-order chi connectivity index (χ0) is 12.3. The van der Waals surface area contributed by atoms with Crippen LogP contribution in [0.1, 0.15) is 36.6 Å². The lowest BCUT2D eigenvalue weighted by molar-refractivity contribution is -0.137. The summed E-state index contributed by atoms with van der Waals surface area (Å²) in [6.07, 6.45) is -4.27. The number of nitrogens with one attached hydrogen (secondary N) is 1. The minimum absolute atomic E-state index is 0. The third kappa shape index (κ3) is 4.60. The first kappa shape index (κ1) is 16.3. The van der Waals surface area contributed by atoms with Crippen LogP contribution in [0.15, 0.2) is 18.2 Å². The lowest BCUT2D eigenvalue weighted by Crippen LogP contribution is -2.18. The summed E-state index contributed by atoms with van der Waals surface area (Å²) in [5.74, 6) is 0. The van der Waals surface area contributed by atoms with Gasteiger partial charge in [-0.05, 0) is 38.1 Å². The second-order valence-corrected chi connectivity index (χ2v) is 3.91. The smallest absolute Gasteiger partial charge is 0.310 e. The molecule has 0 radical (unpaired) electrons. The van der Waals surface area contributed by atoms with Gasteiger partial charge in [-0.3, -0.25) is 0 Å². The van der Waals surface area contributed by atoms with E-state index in [1.807, 2.05) is 13.8 Å². The van der Waals surface area contributed by atoms with Crippen LogP contribution in [0.4, 0.5) is 13.2 Å². The number of benzene rings is 1. The maximum absolute atomic E-state index is 12.6. The van der Waals surface area contributed by atoms with E-state index in [0.29, 0.717) is 11.1 Å². The van der Waals surface area contributed by atoms with Crippen molar-refractivity contribution in [2.75, 3.05) is 6.54 Å². The fourth-order valence-electron chi connectivity index (χ4n) is 1.65. The molecular formula is C12H18F3NS. The van der Waals surface area contributed by atoms with Gasteiger partial charge >= 0.3 is 6.18 Å². The molecule has 0 bridgehead atoms. The average molecular weight is 265 g/mol. The molecule has 0 heterocycles. The Hall–Kier alpha value is -0.680. The lowest BCUT2D eigenvalue weighted by atomic mass is 10.0. The Bertz CT molecular complexity index is 363. The largest absolute Gasteiger partial charge is 0.416 e. The van der Waals surface area contributed by atoms with Crippen molar-refractivity contribution in [3.63, 3.8) is 0 Å². The molecule has 5 heteroatoms. The topological polar surface area (TPSA) is 12.0 Å². The number of aryl methyl sites for hydroxylation is 1. The van der Waals surface area contributed by atoms with Crippen LogP contribution in [0.5, 0.6) is 0 Å². The van der Waals surface area contributed by atoms with Gasteiger partial charge in [0.2, 0.25) is 0 Å². The zero-order valence-electron chi connectivity index (χ0n) is 10.2. The van der Waals surface area contributed by atoms with Gasteiger partial charge in [-0.1, -0.05) is 18.6 Å². The van der Waals surface area contributed by atoms with Gasteiger partial charge in [0.15, 0.2) is 0 Å². The standard InChI is InChI=1S/C12H16F3N.H2S/c1-4-16-9(3)10-5-8(2)6-11(7-10)12(13,14)15;/h5-7,9,16H,4H2,1-3H3;1H2/t9-;/m0./s1. The van der Waals surface area contributed by atoms with E-state index in [4.69, 9.17) is 0 Å². The predicted molar refractivity (Wildman–Crippen MR) is 68.7 cm³/mol. The molecule has 98 valence electrons. The predicted octanol–water partition coefficient (Wildman–Crippen LogP) is 3.80. The molecule has 1 N–H and O–H groups in total. The highest BCUT2D eigenvalue weighted by Crippen LogP contribution is 2.31. The maximum Gasteiger partial charge on any atom is 0.416 e. The molecule has 1 nitrogen and oxygen atoms in total. The number of rotatable bonds is 3. The van der Waals surface area contributed by atoms with E-state index in [0.717, 1.165) is 6.54 Å². The molecule has 0 amide bonds. The molecule has 1 atom stereocenters. The molecule has 0 aliphatic carbocycles. The highest BCUT2D eigenvalue weighted by Gasteiger charge is 2.31. The number of hydrogen-bond donors (Lipinski definition) is 1. The molecule has 0 fully saturated rings. The van der Waals surface area contributed by atoms with Gasteiger partial charge in [0.25, 0.3) is 0 Å². The van der Waals surface area contributed by atoms with Crippen molar-refractivity contribution < 1.29 is 13.2 Å². The number of halogens is 3. The normalized spacial score (nSPS) is 13.1. The Morgan fingerprint density at radius 2 is 1.82 bits per heavy atom. The van der Waals surface area contributed by atoms with Crippen LogP contribution in [-0.4, -0.2) is 6.54 Å². The fourth-order valence-corrected chi connectivity index (χ4v) is 1.65. The summed E-state index contributed by atoms with van der Waals surface area (Å²) in [6.45, 7) is 6.20. The van der Waals surface area contributed by atoms with Gasteiger partial charge in [0, 0.05) is 6.04 Å². The highest BCUT2D eigenvalue weighted by atomic mass is 32.1. The van der Waals surface area contributed by atoms with Crippen molar-refractivity contribution in [3.8, 4) is 0 Å². The van der Waals surface area contributed by atoms with Crippen LogP contribution >= 0.6 is 13.5 Å². The van der Waals surface area contributed by atoms with Crippen LogP contribution in [0.25, 0.3) is 0 Å². The molecule has 0 unspecified atom stereocenters. The zero-order valence-corrected chi connectivity index (χ0v) is 11.2. The van der Waals surface area contributed by atoms with Crippen molar-refractivity contribution >= 4 is 13.5 Å².